The van der Waals surface area contributed by atoms with Crippen LogP contribution in [0.25, 0.3) is 0 Å². The standard InChI is InChI=1S/C15H15NO6S/c17-11(10-1-2-12-13(7-10)22-9-21-12)8-20-14(18)3-4-16-5-6-23-15(16)19/h1-2,7H,3-6,8-9H2. The number of benzene rings is 1. The van der Waals surface area contributed by atoms with Crippen LogP contribution >= 0.6 is 11.8 Å². The molecule has 0 spiro atoms. The van der Waals surface area contributed by atoms with Gasteiger partial charge in [-0.15, -0.1) is 0 Å². The van der Waals surface area contributed by atoms with E-state index in [-0.39, 0.29) is 30.8 Å². The first kappa shape index (κ1) is 15.7. The van der Waals surface area contributed by atoms with Gasteiger partial charge in [0.05, 0.1) is 6.42 Å². The third kappa shape index (κ3) is 3.76. The highest BCUT2D eigenvalue weighted by Crippen LogP contribution is 2.32. The molecule has 2 aliphatic heterocycles. The van der Waals surface area contributed by atoms with Gasteiger partial charge >= 0.3 is 5.97 Å². The van der Waals surface area contributed by atoms with E-state index in [9.17, 15) is 14.4 Å². The summed E-state index contributed by atoms with van der Waals surface area (Å²) < 4.78 is 15.3. The maximum Gasteiger partial charge on any atom is 0.308 e. The predicted octanol–water partition coefficient (Wildman–Crippen LogP) is 1.70. The molecule has 122 valence electrons. The molecule has 0 saturated carbocycles. The summed E-state index contributed by atoms with van der Waals surface area (Å²) in [5, 5.41) is -0.0192. The molecule has 1 aromatic rings. The second kappa shape index (κ2) is 6.91. The molecular weight excluding hydrogens is 322 g/mol. The van der Waals surface area contributed by atoms with Crippen molar-refractivity contribution in [1.82, 2.24) is 4.90 Å². The second-order valence-corrected chi connectivity index (χ2v) is 6.05. The molecule has 1 saturated heterocycles. The lowest BCUT2D eigenvalue weighted by Gasteiger charge is -2.13. The Morgan fingerprint density at radius 3 is 2.87 bits per heavy atom. The average Bonchev–Trinajstić information content (AvgIpc) is 3.18. The highest BCUT2D eigenvalue weighted by Gasteiger charge is 2.22. The Kier molecular flexibility index (Phi) is 4.71. The predicted molar refractivity (Wildman–Crippen MR) is 81.9 cm³/mol. The number of ketones is 1. The number of amides is 1. The van der Waals surface area contributed by atoms with Crippen LogP contribution in [0.5, 0.6) is 11.5 Å². The van der Waals surface area contributed by atoms with Crippen LogP contribution in [-0.2, 0) is 9.53 Å². The van der Waals surface area contributed by atoms with Crippen molar-refractivity contribution in [2.75, 3.05) is 32.2 Å². The van der Waals surface area contributed by atoms with Gasteiger partial charge in [0, 0.05) is 24.4 Å². The highest BCUT2D eigenvalue weighted by molar-refractivity contribution is 8.13. The maximum atomic E-state index is 12.0. The number of thioether (sulfide) groups is 1. The van der Waals surface area contributed by atoms with Crippen LogP contribution in [-0.4, -0.2) is 54.1 Å². The van der Waals surface area contributed by atoms with Crippen LogP contribution in [0.3, 0.4) is 0 Å². The number of nitrogens with zero attached hydrogens (tertiary/aromatic N) is 1. The summed E-state index contributed by atoms with van der Waals surface area (Å²) in [5.74, 6) is 1.03. The fraction of sp³-hybridized carbons (Fsp3) is 0.400. The molecule has 8 heteroatoms. The molecule has 2 heterocycles. The van der Waals surface area contributed by atoms with Gasteiger partial charge in [0.1, 0.15) is 0 Å². The molecule has 1 fully saturated rings. The third-order valence-electron chi connectivity index (χ3n) is 3.49. The number of Topliss-reactive ketones (excluding diaryl/α,β-unsaturated/α-hetero) is 1. The maximum absolute atomic E-state index is 12.0. The number of fused-ring (bicyclic) bond motifs is 1. The van der Waals surface area contributed by atoms with Gasteiger partial charge in [-0.25, -0.2) is 0 Å². The largest absolute Gasteiger partial charge is 0.457 e. The van der Waals surface area contributed by atoms with Crippen molar-refractivity contribution < 1.29 is 28.6 Å². The van der Waals surface area contributed by atoms with Gasteiger partial charge in [0.2, 0.25) is 6.79 Å². The molecule has 0 unspecified atom stereocenters. The molecule has 0 aromatic heterocycles. The van der Waals surface area contributed by atoms with Crippen LogP contribution in [0.15, 0.2) is 18.2 Å². The lowest BCUT2D eigenvalue weighted by molar-refractivity contribution is -0.142. The topological polar surface area (TPSA) is 82.1 Å². The Morgan fingerprint density at radius 2 is 2.09 bits per heavy atom. The number of ether oxygens (including phenoxy) is 3. The Labute approximate surface area is 136 Å². The summed E-state index contributed by atoms with van der Waals surface area (Å²) in [5.41, 5.74) is 0.396. The van der Waals surface area contributed by atoms with Crippen molar-refractivity contribution in [3.8, 4) is 11.5 Å². The Bertz CT molecular complexity index is 647. The van der Waals surface area contributed by atoms with Crippen LogP contribution in [0.4, 0.5) is 4.79 Å². The monoisotopic (exact) mass is 337 g/mol. The third-order valence-corrected chi connectivity index (χ3v) is 4.38. The number of carbonyl (C=O) groups is 3. The minimum atomic E-state index is -0.496. The minimum absolute atomic E-state index is 0.0192. The van der Waals surface area contributed by atoms with Crippen LogP contribution in [0, 0.1) is 0 Å². The zero-order chi connectivity index (χ0) is 16.2. The molecule has 0 atom stereocenters. The molecular formula is C15H15NO6S. The lowest BCUT2D eigenvalue weighted by Crippen LogP contribution is -2.27. The van der Waals surface area contributed by atoms with Crippen LogP contribution < -0.4 is 9.47 Å². The van der Waals surface area contributed by atoms with Gasteiger partial charge < -0.3 is 19.1 Å². The summed E-state index contributed by atoms with van der Waals surface area (Å²) >= 11 is 1.24. The van der Waals surface area contributed by atoms with E-state index in [0.29, 0.717) is 30.2 Å². The molecule has 1 aromatic carbocycles. The van der Waals surface area contributed by atoms with E-state index in [4.69, 9.17) is 14.2 Å². The van der Waals surface area contributed by atoms with Crippen molar-refractivity contribution >= 4 is 28.8 Å². The first-order valence-corrected chi connectivity index (χ1v) is 8.12. The number of hydrogen-bond acceptors (Lipinski definition) is 7. The van der Waals surface area contributed by atoms with E-state index in [1.165, 1.54) is 11.8 Å². The van der Waals surface area contributed by atoms with Crippen LogP contribution in [0.2, 0.25) is 0 Å². The van der Waals surface area contributed by atoms with Crippen molar-refractivity contribution in [1.29, 1.82) is 0 Å². The summed E-state index contributed by atoms with van der Waals surface area (Å²) in [6.45, 7) is 0.770. The van der Waals surface area contributed by atoms with Crippen molar-refractivity contribution in [2.24, 2.45) is 0 Å². The fourth-order valence-electron chi connectivity index (χ4n) is 2.23. The van der Waals surface area contributed by atoms with Crippen molar-refractivity contribution in [3.63, 3.8) is 0 Å². The van der Waals surface area contributed by atoms with Crippen LogP contribution in [0.1, 0.15) is 16.8 Å². The summed E-state index contributed by atoms with van der Waals surface area (Å²) in [4.78, 5) is 36.7. The molecule has 0 aliphatic carbocycles. The number of rotatable bonds is 6. The lowest BCUT2D eigenvalue weighted by atomic mass is 10.1. The van der Waals surface area contributed by atoms with E-state index >= 15 is 0 Å². The zero-order valence-corrected chi connectivity index (χ0v) is 13.1. The van der Waals surface area contributed by atoms with E-state index in [1.54, 1.807) is 23.1 Å². The fourth-order valence-corrected chi connectivity index (χ4v) is 3.08. The minimum Gasteiger partial charge on any atom is -0.457 e. The molecule has 23 heavy (non-hydrogen) atoms. The smallest absolute Gasteiger partial charge is 0.308 e. The number of hydrogen-bond donors (Lipinski definition) is 0. The van der Waals surface area contributed by atoms with Gasteiger partial charge in [-0.2, -0.15) is 0 Å². The summed E-state index contributed by atoms with van der Waals surface area (Å²) in [7, 11) is 0. The highest BCUT2D eigenvalue weighted by atomic mass is 32.2. The first-order chi connectivity index (χ1) is 11.1. The molecule has 3 rings (SSSR count). The molecule has 0 radical (unpaired) electrons. The molecule has 2 aliphatic rings. The molecule has 1 amide bonds. The number of esters is 1. The second-order valence-electron chi connectivity index (χ2n) is 5.00. The van der Waals surface area contributed by atoms with E-state index in [0.717, 1.165) is 5.75 Å². The number of carbonyl (C=O) groups excluding carboxylic acids is 3. The Hall–Kier alpha value is -2.22. The average molecular weight is 337 g/mol. The zero-order valence-electron chi connectivity index (χ0n) is 12.3. The Balaban J connectivity index is 1.45. The van der Waals surface area contributed by atoms with Gasteiger partial charge in [-0.1, -0.05) is 11.8 Å². The SMILES string of the molecule is O=C(CCN1CCSC1=O)OCC(=O)c1ccc2c(c1)OCO2. The quantitative estimate of drug-likeness (QED) is 0.577. The van der Waals surface area contributed by atoms with Gasteiger partial charge in [-0.3, -0.25) is 14.4 Å². The molecule has 0 N–H and O–H groups in total. The van der Waals surface area contributed by atoms with Crippen molar-refractivity contribution in [2.45, 2.75) is 6.42 Å². The van der Waals surface area contributed by atoms with E-state index in [2.05, 4.69) is 0 Å². The van der Waals surface area contributed by atoms with Gasteiger partial charge in [0.15, 0.2) is 23.9 Å². The summed E-state index contributed by atoms with van der Waals surface area (Å²) in [6.07, 6.45) is 0.0840. The van der Waals surface area contributed by atoms with Gasteiger partial charge in [0.25, 0.3) is 5.24 Å². The Morgan fingerprint density at radius 1 is 1.26 bits per heavy atom. The normalized spacial score (nSPS) is 15.8. The molecule has 0 bridgehead atoms. The van der Waals surface area contributed by atoms with E-state index < -0.39 is 5.97 Å². The van der Waals surface area contributed by atoms with Gasteiger partial charge in [-0.05, 0) is 18.2 Å². The van der Waals surface area contributed by atoms with E-state index in [1.807, 2.05) is 0 Å². The van der Waals surface area contributed by atoms with Crippen molar-refractivity contribution in [3.05, 3.63) is 23.8 Å². The molecule has 7 nitrogen and oxygen atoms in total. The summed E-state index contributed by atoms with van der Waals surface area (Å²) in [6, 6.07) is 4.82. The first-order valence-electron chi connectivity index (χ1n) is 7.13.